The second-order valence-corrected chi connectivity index (χ2v) is 2.63. The first-order valence-corrected chi connectivity index (χ1v) is 3.51. The molecule has 0 aromatic carbocycles. The maximum absolute atomic E-state index is 12.7. The Morgan fingerprint density at radius 3 is 2.42 bits per heavy atom. The van der Waals surface area contributed by atoms with Crippen molar-refractivity contribution in [2.24, 2.45) is 0 Å². The number of pyridine rings is 1. The monoisotopic (exact) mass is 169 g/mol. The molecule has 1 aromatic heterocycles. The molecule has 0 amide bonds. The zero-order valence-electron chi connectivity index (χ0n) is 6.87. The summed E-state index contributed by atoms with van der Waals surface area (Å²) in [6.07, 6.45) is 1.13. The number of hydrogen-bond donors (Lipinski definition) is 2. The number of hydrogen-bond acceptors (Lipinski definition) is 3. The van der Waals surface area contributed by atoms with Gasteiger partial charge in [0.1, 0.15) is 0 Å². The smallest absolute Gasteiger partial charge is 0.423 e. The molecular formula is C7H9BFNO2. The summed E-state index contributed by atoms with van der Waals surface area (Å²) in [5, 5.41) is 17.6. The van der Waals surface area contributed by atoms with Gasteiger partial charge in [0.15, 0.2) is 0 Å². The zero-order valence-corrected chi connectivity index (χ0v) is 6.87. The number of nitrogens with zero attached hydrogens (tertiary/aromatic N) is 1. The molecule has 5 heteroatoms. The number of aromatic nitrogens is 1. The molecule has 0 unspecified atom stereocenters. The lowest BCUT2D eigenvalue weighted by Crippen LogP contribution is -2.33. The second kappa shape index (κ2) is 3.20. The molecule has 0 atom stereocenters. The molecule has 0 aliphatic heterocycles. The van der Waals surface area contributed by atoms with Crippen LogP contribution in [0.5, 0.6) is 0 Å². The number of rotatable bonds is 1. The fourth-order valence-corrected chi connectivity index (χ4v) is 0.951. The van der Waals surface area contributed by atoms with E-state index in [1.54, 1.807) is 13.8 Å². The molecule has 0 fully saturated rings. The van der Waals surface area contributed by atoms with Crippen LogP contribution in [0.1, 0.15) is 11.1 Å². The fourth-order valence-electron chi connectivity index (χ4n) is 0.951. The summed E-state index contributed by atoms with van der Waals surface area (Å²) < 4.78 is 12.7. The van der Waals surface area contributed by atoms with E-state index in [-0.39, 0.29) is 5.46 Å². The molecule has 1 rings (SSSR count). The minimum absolute atomic E-state index is 0.244. The Bertz CT molecular complexity index is 304. The minimum atomic E-state index is -1.59. The molecule has 0 aliphatic carbocycles. The highest BCUT2D eigenvalue weighted by Gasteiger charge is 2.17. The first-order valence-electron chi connectivity index (χ1n) is 3.51. The largest absolute Gasteiger partial charge is 0.490 e. The highest BCUT2D eigenvalue weighted by molar-refractivity contribution is 6.59. The lowest BCUT2D eigenvalue weighted by molar-refractivity contribution is 0.425. The van der Waals surface area contributed by atoms with Crippen molar-refractivity contribution in [3.8, 4) is 0 Å². The average Bonchev–Trinajstić information content (AvgIpc) is 2.00. The van der Waals surface area contributed by atoms with Crippen molar-refractivity contribution in [3.05, 3.63) is 23.3 Å². The van der Waals surface area contributed by atoms with E-state index in [1.807, 2.05) is 0 Å². The van der Waals surface area contributed by atoms with Crippen molar-refractivity contribution < 1.29 is 14.4 Å². The highest BCUT2D eigenvalue weighted by atomic mass is 19.1. The Labute approximate surface area is 70.0 Å². The number of halogens is 1. The lowest BCUT2D eigenvalue weighted by atomic mass is 9.77. The molecule has 0 radical (unpaired) electrons. The maximum Gasteiger partial charge on any atom is 0.490 e. The molecule has 0 saturated carbocycles. The van der Waals surface area contributed by atoms with Gasteiger partial charge in [-0.3, -0.25) is 0 Å². The van der Waals surface area contributed by atoms with Crippen molar-refractivity contribution in [1.82, 2.24) is 4.98 Å². The topological polar surface area (TPSA) is 53.4 Å². The van der Waals surface area contributed by atoms with Crippen molar-refractivity contribution in [2.75, 3.05) is 0 Å². The normalized spacial score (nSPS) is 10.1. The van der Waals surface area contributed by atoms with Crippen LogP contribution in [0.2, 0.25) is 0 Å². The first-order chi connectivity index (χ1) is 5.54. The van der Waals surface area contributed by atoms with Gasteiger partial charge in [-0.15, -0.1) is 0 Å². The summed E-state index contributed by atoms with van der Waals surface area (Å²) in [6, 6.07) is 0. The van der Waals surface area contributed by atoms with Gasteiger partial charge in [0, 0.05) is 17.2 Å². The fraction of sp³-hybridized carbons (Fsp3) is 0.286. The molecular weight excluding hydrogens is 160 g/mol. The predicted molar refractivity (Wildman–Crippen MR) is 43.5 cm³/mol. The summed E-state index contributed by atoms with van der Waals surface area (Å²) in [7, 11) is -1.59. The van der Waals surface area contributed by atoms with Gasteiger partial charge in [-0.2, -0.15) is 4.39 Å². The summed E-state index contributed by atoms with van der Waals surface area (Å²) in [4.78, 5) is 3.37. The van der Waals surface area contributed by atoms with Crippen LogP contribution in [-0.2, 0) is 0 Å². The van der Waals surface area contributed by atoms with Crippen molar-refractivity contribution >= 4 is 12.6 Å². The van der Waals surface area contributed by atoms with Crippen LogP contribution in [0.4, 0.5) is 4.39 Å². The summed E-state index contributed by atoms with van der Waals surface area (Å²) in [6.45, 7) is 3.17. The van der Waals surface area contributed by atoms with Crippen molar-refractivity contribution in [2.45, 2.75) is 13.8 Å². The predicted octanol–water partition coefficient (Wildman–Crippen LogP) is -0.483. The highest BCUT2D eigenvalue weighted by Crippen LogP contribution is 2.05. The van der Waals surface area contributed by atoms with Crippen LogP contribution >= 0.6 is 0 Å². The molecule has 1 aromatic rings. The van der Waals surface area contributed by atoms with E-state index in [0.717, 1.165) is 6.20 Å². The Hall–Kier alpha value is -0.935. The van der Waals surface area contributed by atoms with E-state index in [9.17, 15) is 4.39 Å². The van der Waals surface area contributed by atoms with Gasteiger partial charge >= 0.3 is 7.12 Å². The standard InChI is InChI=1S/C7H9BFNO2/c1-4-5(2)7(9)10-3-6(4)8(11)12/h3,11-12H,1-2H3. The van der Waals surface area contributed by atoms with E-state index in [0.29, 0.717) is 11.1 Å². The molecule has 0 saturated heterocycles. The van der Waals surface area contributed by atoms with Gasteiger partial charge in [-0.05, 0) is 19.4 Å². The molecule has 64 valence electrons. The van der Waals surface area contributed by atoms with Crippen LogP contribution in [0, 0.1) is 19.8 Å². The third-order valence-electron chi connectivity index (χ3n) is 1.90. The quantitative estimate of drug-likeness (QED) is 0.440. The first kappa shape index (κ1) is 9.16. The molecule has 12 heavy (non-hydrogen) atoms. The Balaban J connectivity index is 3.27. The molecule has 2 N–H and O–H groups in total. The van der Waals surface area contributed by atoms with E-state index in [1.165, 1.54) is 0 Å². The van der Waals surface area contributed by atoms with E-state index >= 15 is 0 Å². The SMILES string of the molecule is Cc1c(B(O)O)cnc(F)c1C. The Kier molecular flexibility index (Phi) is 2.44. The van der Waals surface area contributed by atoms with Crippen LogP contribution < -0.4 is 5.46 Å². The van der Waals surface area contributed by atoms with E-state index < -0.39 is 13.1 Å². The minimum Gasteiger partial charge on any atom is -0.423 e. The van der Waals surface area contributed by atoms with Crippen LogP contribution in [0.25, 0.3) is 0 Å². The average molecular weight is 169 g/mol. The van der Waals surface area contributed by atoms with E-state index in [4.69, 9.17) is 10.0 Å². The third-order valence-corrected chi connectivity index (χ3v) is 1.90. The van der Waals surface area contributed by atoms with Crippen molar-refractivity contribution in [1.29, 1.82) is 0 Å². The zero-order chi connectivity index (χ0) is 9.30. The van der Waals surface area contributed by atoms with Gasteiger partial charge in [-0.1, -0.05) is 0 Å². The molecule has 3 nitrogen and oxygen atoms in total. The van der Waals surface area contributed by atoms with E-state index in [2.05, 4.69) is 4.98 Å². The van der Waals surface area contributed by atoms with Crippen LogP contribution in [0.15, 0.2) is 6.20 Å². The summed E-state index contributed by atoms with van der Waals surface area (Å²) >= 11 is 0. The third kappa shape index (κ3) is 1.46. The molecule has 0 aliphatic rings. The molecule has 0 bridgehead atoms. The summed E-state index contributed by atoms with van der Waals surface area (Å²) in [5.41, 5.74) is 1.12. The van der Waals surface area contributed by atoms with Crippen LogP contribution in [-0.4, -0.2) is 22.2 Å². The van der Waals surface area contributed by atoms with Gasteiger partial charge in [0.2, 0.25) is 5.95 Å². The summed E-state index contributed by atoms with van der Waals surface area (Å²) in [5.74, 6) is -0.572. The lowest BCUT2D eigenvalue weighted by Gasteiger charge is -2.06. The Morgan fingerprint density at radius 2 is 1.92 bits per heavy atom. The van der Waals surface area contributed by atoms with Crippen molar-refractivity contribution in [3.63, 3.8) is 0 Å². The van der Waals surface area contributed by atoms with Crippen LogP contribution in [0.3, 0.4) is 0 Å². The van der Waals surface area contributed by atoms with Gasteiger partial charge in [0.05, 0.1) is 0 Å². The van der Waals surface area contributed by atoms with Gasteiger partial charge in [0.25, 0.3) is 0 Å². The Morgan fingerprint density at radius 1 is 1.33 bits per heavy atom. The van der Waals surface area contributed by atoms with Gasteiger partial charge in [-0.25, -0.2) is 4.98 Å². The molecule has 1 heterocycles. The van der Waals surface area contributed by atoms with Gasteiger partial charge < -0.3 is 10.0 Å². The molecule has 0 spiro atoms. The maximum atomic E-state index is 12.7. The second-order valence-electron chi connectivity index (χ2n) is 2.63.